The Kier molecular flexibility index (Phi) is 17.8. The van der Waals surface area contributed by atoms with Crippen LogP contribution in [-0.4, -0.2) is 50.8 Å². The predicted octanol–water partition coefficient (Wildman–Crippen LogP) is 2.75. The highest BCUT2D eigenvalue weighted by Gasteiger charge is 2.03. The van der Waals surface area contributed by atoms with Crippen molar-refractivity contribution in [1.29, 1.82) is 0 Å². The third kappa shape index (κ3) is 16.0. The maximum atomic E-state index is 5.72. The summed E-state index contributed by atoms with van der Waals surface area (Å²) < 4.78 is 5.72. The molecule has 0 aromatic heterocycles. The zero-order valence-corrected chi connectivity index (χ0v) is 14.3. The third-order valence-corrected chi connectivity index (χ3v) is 3.76. The molecule has 0 aliphatic carbocycles. The summed E-state index contributed by atoms with van der Waals surface area (Å²) in [5.41, 5.74) is 11.2. The van der Waals surface area contributed by atoms with Crippen LogP contribution >= 0.6 is 0 Å². The van der Waals surface area contributed by atoms with Gasteiger partial charge in [-0.2, -0.15) is 0 Å². The van der Waals surface area contributed by atoms with E-state index in [9.17, 15) is 0 Å². The number of rotatable bonds is 17. The molecule has 0 aromatic carbocycles. The van der Waals surface area contributed by atoms with Gasteiger partial charge in [0.15, 0.2) is 0 Å². The first kappa shape index (κ1) is 20.8. The Morgan fingerprint density at radius 3 is 1.81 bits per heavy atom. The van der Waals surface area contributed by atoms with Gasteiger partial charge in [0.1, 0.15) is 0 Å². The fraction of sp³-hybridized carbons (Fsp3) is 1.00. The highest BCUT2D eigenvalue weighted by atomic mass is 16.5. The van der Waals surface area contributed by atoms with Crippen LogP contribution in [0.25, 0.3) is 0 Å². The van der Waals surface area contributed by atoms with E-state index in [1.54, 1.807) is 0 Å². The minimum atomic E-state index is 0.771. The lowest BCUT2D eigenvalue weighted by atomic mass is 10.1. The van der Waals surface area contributed by atoms with Crippen molar-refractivity contribution in [1.82, 2.24) is 4.90 Å². The molecular formula is C17H39N3O. The van der Waals surface area contributed by atoms with Crippen molar-refractivity contribution in [3.05, 3.63) is 0 Å². The molecule has 0 unspecified atom stereocenters. The van der Waals surface area contributed by atoms with Gasteiger partial charge >= 0.3 is 0 Å². The molecule has 4 heteroatoms. The van der Waals surface area contributed by atoms with Gasteiger partial charge in [0.25, 0.3) is 0 Å². The van der Waals surface area contributed by atoms with E-state index < -0.39 is 0 Å². The minimum Gasteiger partial charge on any atom is -0.381 e. The monoisotopic (exact) mass is 301 g/mol. The topological polar surface area (TPSA) is 64.5 Å². The van der Waals surface area contributed by atoms with E-state index in [1.807, 2.05) is 0 Å². The molecule has 0 aliphatic heterocycles. The Hall–Kier alpha value is -0.160. The molecule has 0 heterocycles. The molecule has 0 saturated heterocycles. The van der Waals surface area contributed by atoms with Gasteiger partial charge in [-0.3, -0.25) is 0 Å². The molecule has 0 aliphatic rings. The van der Waals surface area contributed by atoms with Gasteiger partial charge in [0.2, 0.25) is 0 Å². The van der Waals surface area contributed by atoms with E-state index in [2.05, 4.69) is 11.8 Å². The molecule has 0 amide bonds. The van der Waals surface area contributed by atoms with Crippen LogP contribution < -0.4 is 11.5 Å². The summed E-state index contributed by atoms with van der Waals surface area (Å²) in [4.78, 5) is 2.47. The normalized spacial score (nSPS) is 11.4. The third-order valence-electron chi connectivity index (χ3n) is 3.76. The lowest BCUT2D eigenvalue weighted by Crippen LogP contribution is -2.30. The summed E-state index contributed by atoms with van der Waals surface area (Å²) in [6, 6.07) is 0. The fourth-order valence-corrected chi connectivity index (χ4v) is 2.44. The van der Waals surface area contributed by atoms with Crippen LogP contribution in [0.3, 0.4) is 0 Å². The number of hydrogen-bond acceptors (Lipinski definition) is 4. The predicted molar refractivity (Wildman–Crippen MR) is 92.6 cm³/mol. The molecule has 0 radical (unpaired) electrons. The van der Waals surface area contributed by atoms with Crippen molar-refractivity contribution in [2.24, 2.45) is 11.5 Å². The van der Waals surface area contributed by atoms with Crippen LogP contribution in [-0.2, 0) is 4.74 Å². The summed E-state index contributed by atoms with van der Waals surface area (Å²) >= 11 is 0. The van der Waals surface area contributed by atoms with Crippen molar-refractivity contribution in [3.8, 4) is 0 Å². The summed E-state index contributed by atoms with van der Waals surface area (Å²) in [6.07, 6.45) is 11.2. The van der Waals surface area contributed by atoms with Gasteiger partial charge < -0.3 is 21.1 Å². The van der Waals surface area contributed by atoms with Crippen molar-refractivity contribution in [2.75, 3.05) is 45.9 Å². The highest BCUT2D eigenvalue weighted by Crippen LogP contribution is 2.05. The van der Waals surface area contributed by atoms with Gasteiger partial charge in [-0.25, -0.2) is 0 Å². The maximum Gasteiger partial charge on any atom is 0.0478 e. The maximum absolute atomic E-state index is 5.72. The second kappa shape index (κ2) is 17.9. The van der Waals surface area contributed by atoms with Gasteiger partial charge in [-0.05, 0) is 51.9 Å². The SMILES string of the molecule is CCCCCCCCOCCCN(CCCN)CCCN. The zero-order valence-electron chi connectivity index (χ0n) is 14.3. The van der Waals surface area contributed by atoms with Crippen molar-refractivity contribution in [2.45, 2.75) is 64.7 Å². The first-order valence-corrected chi connectivity index (χ1v) is 9.05. The first-order valence-electron chi connectivity index (χ1n) is 9.05. The number of nitrogens with zero attached hydrogens (tertiary/aromatic N) is 1. The summed E-state index contributed by atoms with van der Waals surface area (Å²) in [5.74, 6) is 0. The van der Waals surface area contributed by atoms with Gasteiger partial charge in [0.05, 0.1) is 0 Å². The Labute approximate surface area is 132 Å². The molecule has 0 fully saturated rings. The molecule has 4 nitrogen and oxygen atoms in total. The van der Waals surface area contributed by atoms with E-state index in [-0.39, 0.29) is 0 Å². The standard InChI is InChI=1S/C17H39N3O/c1-2-3-4-5-6-7-16-21-17-10-15-20(13-8-11-18)14-9-12-19/h2-19H2,1H3. The fourth-order valence-electron chi connectivity index (χ4n) is 2.44. The average Bonchev–Trinajstić information content (AvgIpc) is 2.51. The Balaban J connectivity index is 3.35. The average molecular weight is 302 g/mol. The van der Waals surface area contributed by atoms with Gasteiger partial charge in [-0.1, -0.05) is 39.0 Å². The lowest BCUT2D eigenvalue weighted by molar-refractivity contribution is 0.116. The van der Waals surface area contributed by atoms with E-state index in [0.717, 1.165) is 65.2 Å². The van der Waals surface area contributed by atoms with Crippen LogP contribution in [0.1, 0.15) is 64.7 Å². The molecular weight excluding hydrogens is 262 g/mol. The molecule has 0 rings (SSSR count). The molecule has 4 N–H and O–H groups in total. The van der Waals surface area contributed by atoms with Crippen LogP contribution in [0, 0.1) is 0 Å². The summed E-state index contributed by atoms with van der Waals surface area (Å²) in [5, 5.41) is 0. The molecule has 0 spiro atoms. The highest BCUT2D eigenvalue weighted by molar-refractivity contribution is 4.59. The zero-order chi connectivity index (χ0) is 15.6. The van der Waals surface area contributed by atoms with Crippen LogP contribution in [0.4, 0.5) is 0 Å². The van der Waals surface area contributed by atoms with Crippen LogP contribution in [0.5, 0.6) is 0 Å². The lowest BCUT2D eigenvalue weighted by Gasteiger charge is -2.21. The number of unbranched alkanes of at least 4 members (excludes halogenated alkanes) is 5. The first-order chi connectivity index (χ1) is 10.3. The second-order valence-electron chi connectivity index (χ2n) is 5.86. The molecule has 0 saturated carbocycles. The minimum absolute atomic E-state index is 0.771. The quantitative estimate of drug-likeness (QED) is 0.405. The second-order valence-corrected chi connectivity index (χ2v) is 5.86. The molecule has 0 aromatic rings. The number of nitrogens with two attached hydrogens (primary N) is 2. The van der Waals surface area contributed by atoms with Gasteiger partial charge in [0, 0.05) is 19.8 Å². The van der Waals surface area contributed by atoms with Crippen molar-refractivity contribution < 1.29 is 4.74 Å². The van der Waals surface area contributed by atoms with E-state index in [4.69, 9.17) is 16.2 Å². The van der Waals surface area contributed by atoms with Crippen molar-refractivity contribution in [3.63, 3.8) is 0 Å². The summed E-state index contributed by atoms with van der Waals surface area (Å²) in [6.45, 7) is 8.90. The molecule has 0 atom stereocenters. The summed E-state index contributed by atoms with van der Waals surface area (Å²) in [7, 11) is 0. The number of hydrogen-bond donors (Lipinski definition) is 2. The smallest absolute Gasteiger partial charge is 0.0478 e. The van der Waals surface area contributed by atoms with E-state index in [1.165, 1.54) is 38.5 Å². The molecule has 0 bridgehead atoms. The van der Waals surface area contributed by atoms with Crippen LogP contribution in [0.15, 0.2) is 0 Å². The van der Waals surface area contributed by atoms with Crippen molar-refractivity contribution >= 4 is 0 Å². The Morgan fingerprint density at radius 1 is 0.667 bits per heavy atom. The van der Waals surface area contributed by atoms with Crippen LogP contribution in [0.2, 0.25) is 0 Å². The van der Waals surface area contributed by atoms with E-state index in [0.29, 0.717) is 0 Å². The van der Waals surface area contributed by atoms with E-state index >= 15 is 0 Å². The molecule has 128 valence electrons. The van der Waals surface area contributed by atoms with Gasteiger partial charge in [-0.15, -0.1) is 0 Å². The Bertz CT molecular complexity index is 183. The molecule has 21 heavy (non-hydrogen) atoms. The Morgan fingerprint density at radius 2 is 1.19 bits per heavy atom. The number of ether oxygens (including phenoxy) is 1. The largest absolute Gasteiger partial charge is 0.381 e.